The summed E-state index contributed by atoms with van der Waals surface area (Å²) in [5.41, 5.74) is 18.7. The molecule has 34 heavy (non-hydrogen) atoms. The zero-order valence-corrected chi connectivity index (χ0v) is 18.7. The van der Waals surface area contributed by atoms with E-state index in [4.69, 9.17) is 0 Å². The highest BCUT2D eigenvalue weighted by molar-refractivity contribution is 6.18. The fourth-order valence-electron chi connectivity index (χ4n) is 7.10. The molecule has 0 spiro atoms. The highest BCUT2D eigenvalue weighted by Gasteiger charge is 2.30. The van der Waals surface area contributed by atoms with E-state index in [1.165, 1.54) is 83.1 Å². The molecule has 0 fully saturated rings. The van der Waals surface area contributed by atoms with Crippen LogP contribution in [0.2, 0.25) is 0 Å². The van der Waals surface area contributed by atoms with E-state index in [9.17, 15) is 0 Å². The summed E-state index contributed by atoms with van der Waals surface area (Å²) in [5.74, 6) is 0. The lowest BCUT2D eigenvalue weighted by atomic mass is 9.91. The molecule has 1 aliphatic heterocycles. The minimum Gasteiger partial charge on any atom is -0.309 e. The first-order chi connectivity index (χ1) is 16.9. The van der Waals surface area contributed by atoms with Gasteiger partial charge in [-0.3, -0.25) is 0 Å². The van der Waals surface area contributed by atoms with Crippen molar-refractivity contribution in [3.05, 3.63) is 124 Å². The monoisotopic (exact) mass is 431 g/mol. The Morgan fingerprint density at radius 1 is 0.500 bits per heavy atom. The molecule has 1 aromatic heterocycles. The molecule has 0 saturated heterocycles. The lowest BCUT2D eigenvalue weighted by Crippen LogP contribution is -2.10. The predicted octanol–water partition coefficient (Wildman–Crippen LogP) is 7.83. The molecule has 2 heterocycles. The van der Waals surface area contributed by atoms with Crippen LogP contribution in [0, 0.1) is 0 Å². The molecule has 3 aliphatic rings. The van der Waals surface area contributed by atoms with Gasteiger partial charge < -0.3 is 4.57 Å². The lowest BCUT2D eigenvalue weighted by molar-refractivity contribution is 1.02. The van der Waals surface area contributed by atoms with E-state index in [-0.39, 0.29) is 0 Å². The Kier molecular flexibility index (Phi) is 3.00. The molecule has 0 bridgehead atoms. The summed E-state index contributed by atoms with van der Waals surface area (Å²) < 4.78 is 2.57. The number of fused-ring (bicyclic) bond motifs is 13. The fraction of sp³-hybridized carbons (Fsp3) is 0.0909. The Hall–Kier alpha value is -4.10. The highest BCUT2D eigenvalue weighted by Crippen LogP contribution is 2.49. The SMILES string of the molecule is c1ccc2c(c1)Cc1c-2ccc2c1Cc1cccc3c4c5c(ccc4n-2c13)Cc1ccccc1-5. The van der Waals surface area contributed by atoms with Crippen molar-refractivity contribution in [3.8, 4) is 27.9 Å². The Bertz CT molecular complexity index is 1880. The van der Waals surface area contributed by atoms with Crippen LogP contribution in [-0.4, -0.2) is 4.57 Å². The van der Waals surface area contributed by atoms with Gasteiger partial charge in [-0.2, -0.15) is 0 Å². The van der Waals surface area contributed by atoms with Crippen LogP contribution >= 0.6 is 0 Å². The summed E-state index contributed by atoms with van der Waals surface area (Å²) >= 11 is 0. The second-order valence-corrected chi connectivity index (χ2v) is 10.1. The number of benzene rings is 5. The highest BCUT2D eigenvalue weighted by atomic mass is 15.0. The van der Waals surface area contributed by atoms with Crippen molar-refractivity contribution in [2.75, 3.05) is 0 Å². The van der Waals surface area contributed by atoms with Crippen molar-refractivity contribution >= 4 is 21.8 Å². The first-order valence-electron chi connectivity index (χ1n) is 12.3. The van der Waals surface area contributed by atoms with Crippen LogP contribution in [0.4, 0.5) is 0 Å². The molecular formula is C33H21N. The Morgan fingerprint density at radius 2 is 1.26 bits per heavy atom. The Balaban J connectivity index is 1.41. The number of para-hydroxylation sites is 1. The van der Waals surface area contributed by atoms with Crippen LogP contribution in [0.25, 0.3) is 49.7 Å². The molecule has 0 unspecified atom stereocenters. The number of rotatable bonds is 0. The van der Waals surface area contributed by atoms with Crippen molar-refractivity contribution in [1.29, 1.82) is 0 Å². The lowest BCUT2D eigenvalue weighted by Gasteiger charge is -2.23. The van der Waals surface area contributed by atoms with Crippen molar-refractivity contribution < 1.29 is 0 Å². The predicted molar refractivity (Wildman–Crippen MR) is 140 cm³/mol. The molecule has 2 aliphatic carbocycles. The van der Waals surface area contributed by atoms with Gasteiger partial charge in [0.25, 0.3) is 0 Å². The van der Waals surface area contributed by atoms with E-state index in [1.54, 1.807) is 0 Å². The third-order valence-corrected chi connectivity index (χ3v) is 8.48. The van der Waals surface area contributed by atoms with Crippen LogP contribution in [0.3, 0.4) is 0 Å². The van der Waals surface area contributed by atoms with Gasteiger partial charge in [0.2, 0.25) is 0 Å². The summed E-state index contributed by atoms with van der Waals surface area (Å²) in [6.45, 7) is 0. The van der Waals surface area contributed by atoms with Gasteiger partial charge >= 0.3 is 0 Å². The standard InChI is InChI=1S/C33H21N/c1-3-9-23-20(7-1)17-27-25(23)13-15-29-28(27)18-22-8-5-11-26-32-30(34(29)33(22)26)14-12-21-16-19-6-2-4-10-24(19)31(21)32/h1-15H,16-18H2. The largest absolute Gasteiger partial charge is 0.309 e. The molecule has 1 nitrogen and oxygen atoms in total. The van der Waals surface area contributed by atoms with Gasteiger partial charge in [-0.1, -0.05) is 78.9 Å². The summed E-state index contributed by atoms with van der Waals surface area (Å²) in [7, 11) is 0. The molecule has 0 saturated carbocycles. The van der Waals surface area contributed by atoms with Crippen molar-refractivity contribution in [3.63, 3.8) is 0 Å². The second kappa shape index (κ2) is 5.87. The van der Waals surface area contributed by atoms with Gasteiger partial charge in [0.1, 0.15) is 0 Å². The second-order valence-electron chi connectivity index (χ2n) is 10.1. The molecule has 9 rings (SSSR count). The smallest absolute Gasteiger partial charge is 0.0576 e. The van der Waals surface area contributed by atoms with Gasteiger partial charge in [-0.25, -0.2) is 0 Å². The van der Waals surface area contributed by atoms with Crippen molar-refractivity contribution in [2.45, 2.75) is 19.3 Å². The van der Waals surface area contributed by atoms with Crippen molar-refractivity contribution in [2.24, 2.45) is 0 Å². The van der Waals surface area contributed by atoms with Crippen LogP contribution < -0.4 is 0 Å². The number of aromatic nitrogens is 1. The van der Waals surface area contributed by atoms with E-state index >= 15 is 0 Å². The normalized spacial score (nSPS) is 14.1. The third-order valence-electron chi connectivity index (χ3n) is 8.48. The Labute approximate surface area is 197 Å². The third kappa shape index (κ3) is 1.94. The van der Waals surface area contributed by atoms with E-state index in [0.717, 1.165) is 19.3 Å². The molecule has 0 atom stereocenters. The van der Waals surface area contributed by atoms with Crippen molar-refractivity contribution in [1.82, 2.24) is 4.57 Å². The minimum atomic E-state index is 1.01. The summed E-state index contributed by atoms with van der Waals surface area (Å²) in [6, 6.07) is 34.3. The van der Waals surface area contributed by atoms with Crippen LogP contribution in [0.1, 0.15) is 33.4 Å². The van der Waals surface area contributed by atoms with Crippen LogP contribution in [-0.2, 0) is 19.3 Å². The van der Waals surface area contributed by atoms with E-state index in [0.29, 0.717) is 0 Å². The number of nitrogens with zero attached hydrogens (tertiary/aromatic N) is 1. The zero-order valence-electron chi connectivity index (χ0n) is 18.7. The molecule has 0 N–H and O–H groups in total. The maximum Gasteiger partial charge on any atom is 0.0576 e. The average molecular weight is 432 g/mol. The summed E-state index contributed by atoms with van der Waals surface area (Å²) in [6.07, 6.45) is 3.09. The first-order valence-corrected chi connectivity index (χ1v) is 12.3. The van der Waals surface area contributed by atoms with Gasteiger partial charge in [0.15, 0.2) is 0 Å². The molecule has 5 aromatic carbocycles. The molecule has 0 amide bonds. The minimum absolute atomic E-state index is 1.01. The fourth-order valence-corrected chi connectivity index (χ4v) is 7.10. The Morgan fingerprint density at radius 3 is 2.18 bits per heavy atom. The average Bonchev–Trinajstić information content (AvgIpc) is 3.55. The van der Waals surface area contributed by atoms with Crippen LogP contribution in [0.15, 0.2) is 91.0 Å². The topological polar surface area (TPSA) is 4.93 Å². The van der Waals surface area contributed by atoms with Gasteiger partial charge in [0.05, 0.1) is 16.7 Å². The van der Waals surface area contributed by atoms with E-state index < -0.39 is 0 Å². The quantitative estimate of drug-likeness (QED) is 0.231. The maximum absolute atomic E-state index is 2.57. The maximum atomic E-state index is 2.57. The molecule has 158 valence electrons. The number of hydrogen-bond acceptors (Lipinski definition) is 0. The molecule has 0 radical (unpaired) electrons. The molecule has 1 heteroatoms. The van der Waals surface area contributed by atoms with Gasteiger partial charge in [0, 0.05) is 17.2 Å². The number of hydrogen-bond donors (Lipinski definition) is 0. The summed E-state index contributed by atoms with van der Waals surface area (Å²) in [4.78, 5) is 0. The van der Waals surface area contributed by atoms with E-state index in [2.05, 4.69) is 95.6 Å². The van der Waals surface area contributed by atoms with E-state index in [1.807, 2.05) is 0 Å². The van der Waals surface area contributed by atoms with Crippen LogP contribution in [0.5, 0.6) is 0 Å². The summed E-state index contributed by atoms with van der Waals surface area (Å²) in [5, 5.41) is 2.83. The first kappa shape index (κ1) is 17.4. The zero-order chi connectivity index (χ0) is 22.0. The molecule has 6 aromatic rings. The van der Waals surface area contributed by atoms with Gasteiger partial charge in [-0.15, -0.1) is 0 Å². The molecular weight excluding hydrogens is 410 g/mol. The van der Waals surface area contributed by atoms with Gasteiger partial charge in [-0.05, 0) is 80.6 Å².